The molecule has 0 aliphatic heterocycles. The molecule has 112 valence electrons. The highest BCUT2D eigenvalue weighted by atomic mass is 35.5. The molecule has 0 bridgehead atoms. The Bertz CT molecular complexity index is 585. The molecule has 0 spiro atoms. The van der Waals surface area contributed by atoms with Crippen molar-refractivity contribution < 1.29 is 4.39 Å². The highest BCUT2D eigenvalue weighted by molar-refractivity contribution is 6.31. The van der Waals surface area contributed by atoms with Crippen molar-refractivity contribution in [2.75, 3.05) is 0 Å². The highest BCUT2D eigenvalue weighted by Gasteiger charge is 2.14. The molecule has 0 saturated carbocycles. The maximum atomic E-state index is 13.4. The molecule has 1 nitrogen and oxygen atoms in total. The Balaban J connectivity index is 2.03. The minimum Gasteiger partial charge on any atom is -0.307 e. The van der Waals surface area contributed by atoms with E-state index in [1.807, 2.05) is 30.3 Å². The van der Waals surface area contributed by atoms with Gasteiger partial charge in [0.05, 0.1) is 0 Å². The summed E-state index contributed by atoms with van der Waals surface area (Å²) in [6.45, 7) is 4.23. The lowest BCUT2D eigenvalue weighted by atomic mass is 10.0. The Kier molecular flexibility index (Phi) is 5.77. The van der Waals surface area contributed by atoms with Crippen molar-refractivity contribution in [2.45, 2.75) is 38.8 Å². The van der Waals surface area contributed by atoms with E-state index in [0.717, 1.165) is 29.0 Å². The Hall–Kier alpha value is -1.38. The fraction of sp³-hybridized carbons (Fsp3) is 0.333. The number of hydrogen-bond acceptors (Lipinski definition) is 1. The zero-order chi connectivity index (χ0) is 15.2. The predicted molar refractivity (Wildman–Crippen MR) is 87.2 cm³/mol. The van der Waals surface area contributed by atoms with Crippen LogP contribution in [0.15, 0.2) is 48.5 Å². The minimum absolute atomic E-state index is 0.151. The van der Waals surface area contributed by atoms with E-state index in [4.69, 9.17) is 11.6 Å². The number of nitrogens with one attached hydrogen (secondary N) is 1. The van der Waals surface area contributed by atoms with E-state index in [2.05, 4.69) is 19.2 Å². The van der Waals surface area contributed by atoms with Gasteiger partial charge in [-0.25, -0.2) is 4.39 Å². The smallest absolute Gasteiger partial charge is 0.123 e. The van der Waals surface area contributed by atoms with Gasteiger partial charge in [-0.05, 0) is 49.1 Å². The van der Waals surface area contributed by atoms with Gasteiger partial charge in [0.1, 0.15) is 5.82 Å². The molecule has 0 amide bonds. The average molecular weight is 306 g/mol. The molecule has 0 saturated heterocycles. The fourth-order valence-corrected chi connectivity index (χ4v) is 2.78. The van der Waals surface area contributed by atoms with Crippen molar-refractivity contribution in [1.82, 2.24) is 5.32 Å². The van der Waals surface area contributed by atoms with E-state index in [-0.39, 0.29) is 17.9 Å². The normalized spacial score (nSPS) is 13.9. The van der Waals surface area contributed by atoms with Crippen molar-refractivity contribution >= 4 is 11.6 Å². The van der Waals surface area contributed by atoms with Gasteiger partial charge in [0, 0.05) is 17.1 Å². The van der Waals surface area contributed by atoms with Gasteiger partial charge in [-0.15, -0.1) is 0 Å². The molecular weight excluding hydrogens is 285 g/mol. The molecule has 3 heteroatoms. The highest BCUT2D eigenvalue weighted by Crippen LogP contribution is 2.21. The molecule has 1 N–H and O–H groups in total. The van der Waals surface area contributed by atoms with Gasteiger partial charge >= 0.3 is 0 Å². The maximum Gasteiger partial charge on any atom is 0.123 e. The van der Waals surface area contributed by atoms with E-state index in [0.29, 0.717) is 0 Å². The lowest BCUT2D eigenvalue weighted by Gasteiger charge is -2.23. The second-order valence-corrected chi connectivity index (χ2v) is 5.79. The lowest BCUT2D eigenvalue weighted by Crippen LogP contribution is -2.32. The second kappa shape index (κ2) is 7.58. The van der Waals surface area contributed by atoms with Gasteiger partial charge in [-0.3, -0.25) is 0 Å². The first kappa shape index (κ1) is 16.0. The first-order chi connectivity index (χ1) is 10.1. The second-order valence-electron chi connectivity index (χ2n) is 5.38. The molecule has 2 unspecified atom stereocenters. The topological polar surface area (TPSA) is 12.0 Å². The third kappa shape index (κ3) is 4.55. The van der Waals surface area contributed by atoms with Crippen LogP contribution < -0.4 is 5.32 Å². The molecule has 2 rings (SSSR count). The van der Waals surface area contributed by atoms with E-state index >= 15 is 0 Å². The number of benzene rings is 2. The Labute approximate surface area is 131 Å². The first-order valence-corrected chi connectivity index (χ1v) is 7.73. The van der Waals surface area contributed by atoms with E-state index < -0.39 is 0 Å². The summed E-state index contributed by atoms with van der Waals surface area (Å²) in [6, 6.07) is 15.1. The fourth-order valence-electron chi connectivity index (χ4n) is 2.57. The van der Waals surface area contributed by atoms with Crippen LogP contribution in [0.1, 0.15) is 37.4 Å². The summed E-state index contributed by atoms with van der Waals surface area (Å²) in [5.74, 6) is -0.188. The summed E-state index contributed by atoms with van der Waals surface area (Å²) < 4.78 is 13.4. The Morgan fingerprint density at radius 3 is 2.57 bits per heavy atom. The van der Waals surface area contributed by atoms with Gasteiger partial charge in [-0.2, -0.15) is 0 Å². The lowest BCUT2D eigenvalue weighted by molar-refractivity contribution is 0.442. The SMILES string of the molecule is CCC(NC(C)Cc1ccccc1Cl)c1cccc(F)c1. The molecular formula is C18H21ClFN. The summed E-state index contributed by atoms with van der Waals surface area (Å²) in [5.41, 5.74) is 2.12. The molecule has 0 aliphatic rings. The quantitative estimate of drug-likeness (QED) is 0.778. The summed E-state index contributed by atoms with van der Waals surface area (Å²) in [7, 11) is 0. The van der Waals surface area contributed by atoms with Crippen molar-refractivity contribution in [2.24, 2.45) is 0 Å². The van der Waals surface area contributed by atoms with Crippen LogP contribution in [-0.4, -0.2) is 6.04 Å². The predicted octanol–water partition coefficient (Wildman–Crippen LogP) is 5.15. The summed E-state index contributed by atoms with van der Waals surface area (Å²) in [4.78, 5) is 0. The summed E-state index contributed by atoms with van der Waals surface area (Å²) >= 11 is 6.20. The van der Waals surface area contributed by atoms with Gasteiger partial charge in [0.2, 0.25) is 0 Å². The van der Waals surface area contributed by atoms with E-state index in [9.17, 15) is 4.39 Å². The molecule has 0 fully saturated rings. The number of hydrogen-bond donors (Lipinski definition) is 1. The first-order valence-electron chi connectivity index (χ1n) is 7.35. The molecule has 21 heavy (non-hydrogen) atoms. The molecule has 0 aliphatic carbocycles. The van der Waals surface area contributed by atoms with Crippen LogP contribution in [0.2, 0.25) is 5.02 Å². The van der Waals surface area contributed by atoms with Crippen LogP contribution in [0.25, 0.3) is 0 Å². The van der Waals surface area contributed by atoms with Crippen LogP contribution in [0, 0.1) is 5.82 Å². The minimum atomic E-state index is -0.188. The molecule has 2 aromatic carbocycles. The molecule has 0 radical (unpaired) electrons. The van der Waals surface area contributed by atoms with Crippen LogP contribution in [0.4, 0.5) is 4.39 Å². The molecule has 0 heterocycles. The molecule has 2 atom stereocenters. The molecule has 2 aromatic rings. The van der Waals surface area contributed by atoms with Gasteiger partial charge in [-0.1, -0.05) is 48.9 Å². The number of halogens is 2. The van der Waals surface area contributed by atoms with Gasteiger partial charge in [0.25, 0.3) is 0 Å². The van der Waals surface area contributed by atoms with Crippen LogP contribution in [-0.2, 0) is 6.42 Å². The largest absolute Gasteiger partial charge is 0.307 e. The monoisotopic (exact) mass is 305 g/mol. The van der Waals surface area contributed by atoms with Gasteiger partial charge in [0.15, 0.2) is 0 Å². The van der Waals surface area contributed by atoms with Crippen molar-refractivity contribution in [3.63, 3.8) is 0 Å². The van der Waals surface area contributed by atoms with Gasteiger partial charge < -0.3 is 5.32 Å². The Morgan fingerprint density at radius 2 is 1.90 bits per heavy atom. The van der Waals surface area contributed by atoms with E-state index in [1.165, 1.54) is 6.07 Å². The van der Waals surface area contributed by atoms with Crippen LogP contribution >= 0.6 is 11.6 Å². The van der Waals surface area contributed by atoms with Crippen LogP contribution in [0.3, 0.4) is 0 Å². The van der Waals surface area contributed by atoms with Crippen molar-refractivity contribution in [3.05, 3.63) is 70.5 Å². The van der Waals surface area contributed by atoms with Crippen molar-refractivity contribution in [3.8, 4) is 0 Å². The maximum absolute atomic E-state index is 13.4. The Morgan fingerprint density at radius 1 is 1.14 bits per heavy atom. The standard InChI is InChI=1S/C18H21ClFN/c1-3-18(15-8-6-9-16(20)12-15)21-13(2)11-14-7-4-5-10-17(14)19/h4-10,12-13,18,21H,3,11H2,1-2H3. The van der Waals surface area contributed by atoms with E-state index in [1.54, 1.807) is 12.1 Å². The zero-order valence-electron chi connectivity index (χ0n) is 12.4. The third-order valence-corrected chi connectivity index (χ3v) is 4.00. The zero-order valence-corrected chi connectivity index (χ0v) is 13.2. The third-order valence-electron chi connectivity index (χ3n) is 3.63. The van der Waals surface area contributed by atoms with Crippen LogP contribution in [0.5, 0.6) is 0 Å². The summed E-state index contributed by atoms with van der Waals surface area (Å²) in [6.07, 6.45) is 1.77. The molecule has 0 aromatic heterocycles. The number of rotatable bonds is 6. The average Bonchev–Trinajstić information content (AvgIpc) is 2.47. The van der Waals surface area contributed by atoms with Crippen molar-refractivity contribution in [1.29, 1.82) is 0 Å². The summed E-state index contributed by atoms with van der Waals surface area (Å²) in [5, 5.41) is 4.36.